The standard InChI is InChI=1S/C16H19ClN2O2/c1-10(2)7-11(9-20)18-16(21)15-8-13(17)12-5-3-4-6-14(12)19-15/h3-6,8,10-11,20H,7,9H2,1-2H3,(H,18,21). The number of nitrogens with one attached hydrogen (secondary N) is 1. The molecule has 0 aliphatic heterocycles. The number of hydrogen-bond acceptors (Lipinski definition) is 3. The summed E-state index contributed by atoms with van der Waals surface area (Å²) in [5, 5.41) is 13.4. The van der Waals surface area contributed by atoms with Crippen LogP contribution in [-0.2, 0) is 0 Å². The first-order chi connectivity index (χ1) is 10.0. The number of carbonyl (C=O) groups is 1. The number of rotatable bonds is 5. The zero-order valence-electron chi connectivity index (χ0n) is 12.1. The third-order valence-corrected chi connectivity index (χ3v) is 3.52. The second-order valence-corrected chi connectivity index (χ2v) is 5.90. The second-order valence-electron chi connectivity index (χ2n) is 5.49. The van der Waals surface area contributed by atoms with Gasteiger partial charge in [-0.25, -0.2) is 4.98 Å². The number of pyridine rings is 1. The van der Waals surface area contributed by atoms with Crippen molar-refractivity contribution in [2.24, 2.45) is 5.92 Å². The van der Waals surface area contributed by atoms with Gasteiger partial charge in [-0.1, -0.05) is 43.6 Å². The number of benzene rings is 1. The van der Waals surface area contributed by atoms with Crippen molar-refractivity contribution in [2.45, 2.75) is 26.3 Å². The summed E-state index contributed by atoms with van der Waals surface area (Å²) in [5.41, 5.74) is 0.945. The van der Waals surface area contributed by atoms with Crippen LogP contribution in [0.15, 0.2) is 30.3 Å². The van der Waals surface area contributed by atoms with Gasteiger partial charge >= 0.3 is 0 Å². The Hall–Kier alpha value is -1.65. The van der Waals surface area contributed by atoms with Gasteiger partial charge in [0, 0.05) is 5.39 Å². The van der Waals surface area contributed by atoms with Gasteiger partial charge in [0.05, 0.1) is 23.2 Å². The lowest BCUT2D eigenvalue weighted by atomic mass is 10.0. The predicted molar refractivity (Wildman–Crippen MR) is 84.5 cm³/mol. The van der Waals surface area contributed by atoms with Gasteiger partial charge in [-0.05, 0) is 24.5 Å². The Morgan fingerprint density at radius 3 is 2.76 bits per heavy atom. The largest absolute Gasteiger partial charge is 0.394 e. The number of carbonyl (C=O) groups excluding carboxylic acids is 1. The number of para-hydroxylation sites is 1. The number of halogens is 1. The van der Waals surface area contributed by atoms with E-state index in [1.54, 1.807) is 6.07 Å². The number of aromatic nitrogens is 1. The maximum Gasteiger partial charge on any atom is 0.270 e. The summed E-state index contributed by atoms with van der Waals surface area (Å²) < 4.78 is 0. The summed E-state index contributed by atoms with van der Waals surface area (Å²) in [5.74, 6) is 0.0675. The summed E-state index contributed by atoms with van der Waals surface area (Å²) in [7, 11) is 0. The number of aliphatic hydroxyl groups excluding tert-OH is 1. The van der Waals surface area contributed by atoms with Gasteiger partial charge in [-0.3, -0.25) is 4.79 Å². The van der Waals surface area contributed by atoms with E-state index in [2.05, 4.69) is 10.3 Å². The average Bonchev–Trinajstić information content (AvgIpc) is 2.46. The van der Waals surface area contributed by atoms with Gasteiger partial charge in [0.2, 0.25) is 0 Å². The molecule has 5 heteroatoms. The molecule has 2 aromatic rings. The minimum atomic E-state index is -0.317. The lowest BCUT2D eigenvalue weighted by molar-refractivity contribution is 0.0903. The average molecular weight is 307 g/mol. The van der Waals surface area contributed by atoms with Gasteiger partial charge in [0.1, 0.15) is 5.69 Å². The fourth-order valence-corrected chi connectivity index (χ4v) is 2.52. The molecular formula is C16H19ClN2O2. The highest BCUT2D eigenvalue weighted by atomic mass is 35.5. The molecule has 4 nitrogen and oxygen atoms in total. The molecule has 0 aliphatic carbocycles. The molecule has 1 atom stereocenters. The van der Waals surface area contributed by atoms with Gasteiger partial charge in [0.15, 0.2) is 0 Å². The lowest BCUT2D eigenvalue weighted by Gasteiger charge is -2.18. The molecule has 0 saturated heterocycles. The predicted octanol–water partition coefficient (Wildman–Crippen LogP) is 3.03. The number of hydrogen-bond donors (Lipinski definition) is 2. The van der Waals surface area contributed by atoms with Crippen LogP contribution in [0.4, 0.5) is 0 Å². The van der Waals surface area contributed by atoms with Crippen molar-refractivity contribution in [2.75, 3.05) is 6.61 Å². The minimum Gasteiger partial charge on any atom is -0.394 e. The first-order valence-electron chi connectivity index (χ1n) is 6.98. The molecule has 1 heterocycles. The first-order valence-corrected chi connectivity index (χ1v) is 7.36. The van der Waals surface area contributed by atoms with Crippen molar-refractivity contribution in [1.82, 2.24) is 10.3 Å². The Morgan fingerprint density at radius 2 is 2.10 bits per heavy atom. The normalized spacial score (nSPS) is 12.6. The van der Waals surface area contributed by atoms with E-state index in [1.807, 2.05) is 38.1 Å². The van der Waals surface area contributed by atoms with Crippen LogP contribution in [0, 0.1) is 5.92 Å². The number of fused-ring (bicyclic) bond motifs is 1. The molecule has 0 aliphatic rings. The summed E-state index contributed by atoms with van der Waals surface area (Å²) in [6.45, 7) is 3.99. The molecule has 1 amide bonds. The van der Waals surface area contributed by atoms with Crippen molar-refractivity contribution in [1.29, 1.82) is 0 Å². The Balaban J connectivity index is 2.23. The van der Waals surface area contributed by atoms with Crippen molar-refractivity contribution < 1.29 is 9.90 Å². The van der Waals surface area contributed by atoms with Gasteiger partial charge in [0.25, 0.3) is 5.91 Å². The Bertz CT molecular complexity index is 643. The maximum absolute atomic E-state index is 12.2. The smallest absolute Gasteiger partial charge is 0.270 e. The van der Waals surface area contributed by atoms with Crippen LogP contribution in [0.1, 0.15) is 30.8 Å². The zero-order valence-corrected chi connectivity index (χ0v) is 12.9. The second kappa shape index (κ2) is 6.87. The van der Waals surface area contributed by atoms with Gasteiger partial charge in [-0.15, -0.1) is 0 Å². The fraction of sp³-hybridized carbons (Fsp3) is 0.375. The first kappa shape index (κ1) is 15.7. The molecule has 0 radical (unpaired) electrons. The third-order valence-electron chi connectivity index (χ3n) is 3.21. The van der Waals surface area contributed by atoms with E-state index in [0.717, 1.165) is 5.39 Å². The molecule has 2 N–H and O–H groups in total. The molecule has 112 valence electrons. The lowest BCUT2D eigenvalue weighted by Crippen LogP contribution is -2.38. The van der Waals surface area contributed by atoms with Crippen molar-refractivity contribution in [3.8, 4) is 0 Å². The Labute approximate surface area is 129 Å². The van der Waals surface area contributed by atoms with Crippen LogP contribution in [0.2, 0.25) is 5.02 Å². The molecular weight excluding hydrogens is 288 g/mol. The molecule has 0 spiro atoms. The van der Waals surface area contributed by atoms with E-state index >= 15 is 0 Å². The van der Waals surface area contributed by atoms with E-state index in [4.69, 9.17) is 11.6 Å². The van der Waals surface area contributed by atoms with Gasteiger partial charge in [-0.2, -0.15) is 0 Å². The topological polar surface area (TPSA) is 62.2 Å². The molecule has 0 bridgehead atoms. The highest BCUT2D eigenvalue weighted by Gasteiger charge is 2.16. The highest BCUT2D eigenvalue weighted by Crippen LogP contribution is 2.22. The van der Waals surface area contributed by atoms with Crippen LogP contribution in [0.5, 0.6) is 0 Å². The quantitative estimate of drug-likeness (QED) is 0.892. The van der Waals surface area contributed by atoms with E-state index in [0.29, 0.717) is 22.9 Å². The third kappa shape index (κ3) is 3.93. The van der Waals surface area contributed by atoms with Crippen molar-refractivity contribution in [3.05, 3.63) is 41.0 Å². The molecule has 0 fully saturated rings. The van der Waals surface area contributed by atoms with Crippen LogP contribution >= 0.6 is 11.6 Å². The van der Waals surface area contributed by atoms with Crippen molar-refractivity contribution >= 4 is 28.4 Å². The van der Waals surface area contributed by atoms with Crippen molar-refractivity contribution in [3.63, 3.8) is 0 Å². The van der Waals surface area contributed by atoms with Crippen LogP contribution in [0.25, 0.3) is 10.9 Å². The van der Waals surface area contributed by atoms with E-state index in [-0.39, 0.29) is 24.2 Å². The van der Waals surface area contributed by atoms with Gasteiger partial charge < -0.3 is 10.4 Å². The summed E-state index contributed by atoms with van der Waals surface area (Å²) in [6, 6.07) is 8.69. The number of aliphatic hydroxyl groups is 1. The van der Waals surface area contributed by atoms with E-state index in [9.17, 15) is 9.90 Å². The van der Waals surface area contributed by atoms with E-state index in [1.165, 1.54) is 0 Å². The summed E-state index contributed by atoms with van der Waals surface area (Å²) in [6.07, 6.45) is 0.712. The number of amides is 1. The molecule has 1 aromatic carbocycles. The Kier molecular flexibility index (Phi) is 5.15. The van der Waals surface area contributed by atoms with Crippen LogP contribution in [-0.4, -0.2) is 28.6 Å². The highest BCUT2D eigenvalue weighted by molar-refractivity contribution is 6.35. The summed E-state index contributed by atoms with van der Waals surface area (Å²) in [4.78, 5) is 16.6. The molecule has 1 aromatic heterocycles. The number of nitrogens with zero attached hydrogens (tertiary/aromatic N) is 1. The zero-order chi connectivity index (χ0) is 15.4. The fourth-order valence-electron chi connectivity index (χ4n) is 2.26. The van der Waals surface area contributed by atoms with Crippen LogP contribution in [0.3, 0.4) is 0 Å². The molecule has 2 rings (SSSR count). The monoisotopic (exact) mass is 306 g/mol. The van der Waals surface area contributed by atoms with E-state index < -0.39 is 0 Å². The molecule has 0 saturated carbocycles. The minimum absolute atomic E-state index is 0.0920. The molecule has 1 unspecified atom stereocenters. The van der Waals surface area contributed by atoms with Crippen LogP contribution < -0.4 is 5.32 Å². The Morgan fingerprint density at radius 1 is 1.38 bits per heavy atom. The summed E-state index contributed by atoms with van der Waals surface area (Å²) >= 11 is 6.19. The molecule has 21 heavy (non-hydrogen) atoms. The maximum atomic E-state index is 12.2. The SMILES string of the molecule is CC(C)CC(CO)NC(=O)c1cc(Cl)c2ccccc2n1.